The van der Waals surface area contributed by atoms with Gasteiger partial charge in [0.2, 0.25) is 0 Å². The van der Waals surface area contributed by atoms with Crippen LogP contribution in [0.5, 0.6) is 0 Å². The average molecular weight is 311 g/mol. The molecule has 1 aliphatic carbocycles. The number of hydrogen-bond acceptors (Lipinski definition) is 5. The van der Waals surface area contributed by atoms with Crippen molar-refractivity contribution in [3.05, 3.63) is 31.5 Å². The number of aliphatic hydroxyl groups is 1. The third-order valence-electron chi connectivity index (χ3n) is 4.31. The van der Waals surface area contributed by atoms with Crippen molar-refractivity contribution < 1.29 is 9.84 Å². The van der Waals surface area contributed by atoms with Gasteiger partial charge < -0.3 is 9.84 Å². The Hall–Kier alpha value is -1.67. The van der Waals surface area contributed by atoms with Gasteiger partial charge in [0.25, 0.3) is 0 Å². The van der Waals surface area contributed by atoms with Crippen molar-refractivity contribution in [2.75, 3.05) is 13.2 Å². The van der Waals surface area contributed by atoms with Gasteiger partial charge in [-0.25, -0.2) is 28.1 Å². The minimum absolute atomic E-state index is 0.0592. The quantitative estimate of drug-likeness (QED) is 0.646. The number of rotatable bonds is 7. The Morgan fingerprint density at radius 3 is 2.41 bits per heavy atom. The van der Waals surface area contributed by atoms with Crippen molar-refractivity contribution in [3.63, 3.8) is 0 Å². The summed E-state index contributed by atoms with van der Waals surface area (Å²) in [5, 5.41) is 9.20. The first-order valence-corrected chi connectivity index (χ1v) is 7.77. The minimum Gasteiger partial charge on any atom is -0.396 e. The molecule has 3 atom stereocenters. The number of aliphatic hydroxyl groups excluding tert-OH is 1. The number of hydrogen-bond donors (Lipinski definition) is 1. The summed E-state index contributed by atoms with van der Waals surface area (Å²) in [6, 6.07) is -0.301. The van der Waals surface area contributed by atoms with Crippen molar-refractivity contribution in [3.8, 4) is 0 Å². The third-order valence-corrected chi connectivity index (χ3v) is 4.31. The molecule has 2 fully saturated rings. The second-order valence-corrected chi connectivity index (χ2v) is 6.03. The highest BCUT2D eigenvalue weighted by Crippen LogP contribution is 2.40. The Balaban J connectivity index is 2.09. The van der Waals surface area contributed by atoms with Crippen LogP contribution in [-0.4, -0.2) is 38.1 Å². The summed E-state index contributed by atoms with van der Waals surface area (Å²) in [5.41, 5.74) is -1.70. The fraction of sp³-hybridized carbons (Fsp3) is 0.786. The monoisotopic (exact) mass is 311 g/mol. The molecule has 0 aromatic carbocycles. The summed E-state index contributed by atoms with van der Waals surface area (Å²) in [6.45, 7) is 2.93. The van der Waals surface area contributed by atoms with Crippen LogP contribution in [0, 0.1) is 5.92 Å². The van der Waals surface area contributed by atoms with Crippen molar-refractivity contribution >= 4 is 0 Å². The van der Waals surface area contributed by atoms with Crippen LogP contribution in [-0.2, 0) is 17.8 Å². The standard InChI is InChI=1S/C14H21N3O5/c1-2-3-4-15-12(19)16(6-10-8-22-10)14(21)17(13(15)20)11-5-9(11)7-18/h9-11,18H,2-8H2,1H3. The van der Waals surface area contributed by atoms with Crippen LogP contribution in [0.2, 0.25) is 0 Å². The Bertz CT molecular complexity index is 727. The van der Waals surface area contributed by atoms with E-state index in [-0.39, 0.29) is 31.2 Å². The molecule has 0 bridgehead atoms. The van der Waals surface area contributed by atoms with E-state index >= 15 is 0 Å². The van der Waals surface area contributed by atoms with E-state index in [4.69, 9.17) is 4.74 Å². The lowest BCUT2D eigenvalue weighted by Gasteiger charge is -2.13. The lowest BCUT2D eigenvalue weighted by Crippen LogP contribution is -2.55. The fourth-order valence-electron chi connectivity index (χ4n) is 2.72. The molecule has 0 amide bonds. The number of unbranched alkanes of at least 4 members (excludes halogenated alkanes) is 1. The number of nitrogens with zero attached hydrogens (tertiary/aromatic N) is 3. The summed E-state index contributed by atoms with van der Waals surface area (Å²) in [6.07, 6.45) is 2.02. The zero-order valence-electron chi connectivity index (χ0n) is 12.6. The molecule has 1 aromatic rings. The van der Waals surface area contributed by atoms with Gasteiger partial charge >= 0.3 is 17.1 Å². The Labute approximate surface area is 126 Å². The Morgan fingerprint density at radius 1 is 1.18 bits per heavy atom. The first-order valence-electron chi connectivity index (χ1n) is 7.77. The molecule has 8 nitrogen and oxygen atoms in total. The first-order chi connectivity index (χ1) is 10.6. The van der Waals surface area contributed by atoms with Crippen molar-refractivity contribution in [1.82, 2.24) is 13.7 Å². The maximum absolute atomic E-state index is 12.5. The molecule has 3 unspecified atom stereocenters. The Kier molecular flexibility index (Phi) is 4.05. The van der Waals surface area contributed by atoms with E-state index in [0.717, 1.165) is 20.1 Å². The zero-order chi connectivity index (χ0) is 15.9. The van der Waals surface area contributed by atoms with E-state index in [1.165, 1.54) is 0 Å². The highest BCUT2D eigenvalue weighted by Gasteiger charge is 2.41. The predicted molar refractivity (Wildman–Crippen MR) is 78.1 cm³/mol. The topological polar surface area (TPSA) is 98.8 Å². The van der Waals surface area contributed by atoms with E-state index in [1.54, 1.807) is 0 Å². The molecule has 0 radical (unpaired) electrons. The molecular formula is C14H21N3O5. The van der Waals surface area contributed by atoms with Crippen LogP contribution in [0.4, 0.5) is 0 Å². The van der Waals surface area contributed by atoms with E-state index in [9.17, 15) is 19.5 Å². The van der Waals surface area contributed by atoms with Crippen LogP contribution in [0.15, 0.2) is 14.4 Å². The second-order valence-electron chi connectivity index (χ2n) is 6.03. The first kappa shape index (κ1) is 15.2. The number of ether oxygens (including phenoxy) is 1. The maximum atomic E-state index is 12.5. The number of aromatic nitrogens is 3. The lowest BCUT2D eigenvalue weighted by atomic mass is 10.3. The molecule has 0 spiro atoms. The van der Waals surface area contributed by atoms with Gasteiger partial charge in [0.1, 0.15) is 0 Å². The van der Waals surface area contributed by atoms with Gasteiger partial charge in [-0.1, -0.05) is 13.3 Å². The van der Waals surface area contributed by atoms with E-state index < -0.39 is 17.1 Å². The van der Waals surface area contributed by atoms with Crippen LogP contribution < -0.4 is 17.1 Å². The molecule has 1 N–H and O–H groups in total. The number of epoxide rings is 1. The smallest absolute Gasteiger partial charge is 0.336 e. The van der Waals surface area contributed by atoms with Crippen LogP contribution in [0.25, 0.3) is 0 Å². The minimum atomic E-state index is -0.584. The van der Waals surface area contributed by atoms with Crippen LogP contribution >= 0.6 is 0 Å². The summed E-state index contributed by atoms with van der Waals surface area (Å²) < 4.78 is 8.47. The normalized spacial score (nSPS) is 26.2. The third kappa shape index (κ3) is 2.68. The van der Waals surface area contributed by atoms with Crippen molar-refractivity contribution in [2.45, 2.75) is 51.4 Å². The maximum Gasteiger partial charge on any atom is 0.336 e. The SMILES string of the molecule is CCCCn1c(=O)n(CC2CO2)c(=O)n(C2CC2CO)c1=O. The van der Waals surface area contributed by atoms with E-state index in [0.29, 0.717) is 26.0 Å². The molecule has 3 rings (SSSR count). The van der Waals surface area contributed by atoms with Crippen LogP contribution in [0.3, 0.4) is 0 Å². The second kappa shape index (κ2) is 5.85. The Morgan fingerprint density at radius 2 is 1.86 bits per heavy atom. The molecule has 2 aliphatic rings. The highest BCUT2D eigenvalue weighted by atomic mass is 16.6. The van der Waals surface area contributed by atoms with E-state index in [1.807, 2.05) is 6.92 Å². The van der Waals surface area contributed by atoms with Gasteiger partial charge in [0, 0.05) is 25.1 Å². The molecule has 1 saturated heterocycles. The van der Waals surface area contributed by atoms with Crippen molar-refractivity contribution in [1.29, 1.82) is 0 Å². The zero-order valence-corrected chi connectivity index (χ0v) is 12.6. The van der Waals surface area contributed by atoms with Gasteiger partial charge in [-0.2, -0.15) is 0 Å². The summed E-state index contributed by atoms with van der Waals surface area (Å²) in [5.74, 6) is -0.0758. The molecule has 8 heteroatoms. The molecule has 1 aliphatic heterocycles. The molecule has 1 saturated carbocycles. The largest absolute Gasteiger partial charge is 0.396 e. The summed E-state index contributed by atoms with van der Waals surface area (Å²) in [4.78, 5) is 37.5. The van der Waals surface area contributed by atoms with Gasteiger partial charge in [-0.05, 0) is 12.8 Å². The summed E-state index contributed by atoms with van der Waals surface area (Å²) in [7, 11) is 0. The molecular weight excluding hydrogens is 290 g/mol. The van der Waals surface area contributed by atoms with Gasteiger partial charge in [0.15, 0.2) is 0 Å². The van der Waals surface area contributed by atoms with Gasteiger partial charge in [-0.15, -0.1) is 0 Å². The van der Waals surface area contributed by atoms with Crippen molar-refractivity contribution in [2.24, 2.45) is 5.92 Å². The molecule has 2 heterocycles. The molecule has 22 heavy (non-hydrogen) atoms. The molecule has 122 valence electrons. The summed E-state index contributed by atoms with van der Waals surface area (Å²) >= 11 is 0. The highest BCUT2D eigenvalue weighted by molar-refractivity contribution is 4.95. The van der Waals surface area contributed by atoms with E-state index in [2.05, 4.69) is 0 Å². The predicted octanol–water partition coefficient (Wildman–Crippen LogP) is -1.08. The van der Waals surface area contributed by atoms with Crippen LogP contribution in [0.1, 0.15) is 32.2 Å². The van der Waals surface area contributed by atoms with Gasteiger partial charge in [0.05, 0.1) is 19.3 Å². The fourth-order valence-corrected chi connectivity index (χ4v) is 2.72. The molecule has 1 aromatic heterocycles. The average Bonchev–Trinajstić information content (AvgIpc) is 3.39. The van der Waals surface area contributed by atoms with Gasteiger partial charge in [-0.3, -0.25) is 0 Å². The lowest BCUT2D eigenvalue weighted by molar-refractivity contribution is 0.265.